The Labute approximate surface area is 140 Å². The lowest BCUT2D eigenvalue weighted by atomic mass is 9.82. The van der Waals surface area contributed by atoms with E-state index in [1.54, 1.807) is 24.3 Å². The number of fused-ring (bicyclic) bond motifs is 2. The van der Waals surface area contributed by atoms with Crippen LogP contribution in [0.15, 0.2) is 54.9 Å². The fraction of sp³-hybridized carbons (Fsp3) is 0.111. The van der Waals surface area contributed by atoms with Crippen molar-refractivity contribution in [1.29, 1.82) is 0 Å². The lowest BCUT2D eigenvalue weighted by Gasteiger charge is -2.31. The maximum Gasteiger partial charge on any atom is 0.426 e. The van der Waals surface area contributed by atoms with Crippen LogP contribution in [0.1, 0.15) is 11.1 Å². The molecular formula is C18H13F3N3O+. The molecule has 1 aliphatic rings. The van der Waals surface area contributed by atoms with Crippen LogP contribution in [0, 0.1) is 0 Å². The van der Waals surface area contributed by atoms with Crippen molar-refractivity contribution in [2.75, 3.05) is 0 Å². The lowest BCUT2D eigenvalue weighted by Crippen LogP contribution is -2.43. The van der Waals surface area contributed by atoms with Crippen LogP contribution < -0.4 is 0 Å². The van der Waals surface area contributed by atoms with Gasteiger partial charge in [-0.25, -0.2) is 0 Å². The smallest absolute Gasteiger partial charge is 0.372 e. The number of aromatic amines is 1. The van der Waals surface area contributed by atoms with Crippen molar-refractivity contribution in [3.63, 3.8) is 0 Å². The second kappa shape index (κ2) is 5.03. The molecule has 126 valence electrons. The molecule has 2 heterocycles. The van der Waals surface area contributed by atoms with Crippen LogP contribution in [0.4, 0.5) is 18.9 Å². The highest BCUT2D eigenvalue weighted by Crippen LogP contribution is 2.52. The van der Waals surface area contributed by atoms with Gasteiger partial charge in [0.2, 0.25) is 11.3 Å². The van der Waals surface area contributed by atoms with Gasteiger partial charge in [0.05, 0.1) is 22.9 Å². The Kier molecular flexibility index (Phi) is 3.14. The normalized spacial score (nSPS) is 16.6. The topological polar surface area (TPSA) is 51.9 Å². The van der Waals surface area contributed by atoms with E-state index in [0.717, 1.165) is 0 Å². The second-order valence-electron chi connectivity index (χ2n) is 5.91. The molecule has 0 amide bonds. The molecule has 0 spiro atoms. The average Bonchev–Trinajstić information content (AvgIpc) is 3.17. The van der Waals surface area contributed by atoms with Crippen molar-refractivity contribution in [1.82, 2.24) is 10.2 Å². The molecule has 4 rings (SSSR count). The number of aromatic nitrogens is 2. The SMILES string of the molecule is C=[N+]1C=C(C(O)(c2ccc3[nH]ncc3c2)C(F)(F)F)c2ccccc21. The number of halogens is 3. The first-order chi connectivity index (χ1) is 11.8. The fourth-order valence-corrected chi connectivity index (χ4v) is 3.17. The Balaban J connectivity index is 1.98. The molecule has 1 atom stereocenters. The summed E-state index contributed by atoms with van der Waals surface area (Å²) in [6, 6.07) is 10.5. The maximum atomic E-state index is 14.0. The van der Waals surface area contributed by atoms with E-state index in [1.807, 2.05) is 0 Å². The van der Waals surface area contributed by atoms with Crippen molar-refractivity contribution < 1.29 is 22.9 Å². The number of hydrogen-bond donors (Lipinski definition) is 2. The van der Waals surface area contributed by atoms with Crippen molar-refractivity contribution in [3.8, 4) is 0 Å². The molecule has 0 bridgehead atoms. The van der Waals surface area contributed by atoms with Gasteiger partial charge in [0, 0.05) is 11.5 Å². The molecule has 25 heavy (non-hydrogen) atoms. The zero-order chi connectivity index (χ0) is 17.8. The minimum Gasteiger partial charge on any atom is -0.372 e. The predicted molar refractivity (Wildman–Crippen MR) is 87.5 cm³/mol. The molecule has 0 saturated heterocycles. The maximum absolute atomic E-state index is 14.0. The molecule has 1 unspecified atom stereocenters. The van der Waals surface area contributed by atoms with Crippen LogP contribution in [0.25, 0.3) is 16.5 Å². The van der Waals surface area contributed by atoms with Crippen molar-refractivity contribution >= 4 is 28.9 Å². The zero-order valence-corrected chi connectivity index (χ0v) is 12.9. The number of nitrogens with one attached hydrogen (secondary N) is 1. The van der Waals surface area contributed by atoms with Gasteiger partial charge >= 0.3 is 6.18 Å². The van der Waals surface area contributed by atoms with Crippen molar-refractivity contribution in [2.24, 2.45) is 0 Å². The first-order valence-corrected chi connectivity index (χ1v) is 7.46. The summed E-state index contributed by atoms with van der Waals surface area (Å²) < 4.78 is 43.4. The van der Waals surface area contributed by atoms with E-state index < -0.39 is 11.8 Å². The van der Waals surface area contributed by atoms with Gasteiger partial charge in [-0.1, -0.05) is 18.2 Å². The van der Waals surface area contributed by atoms with Gasteiger partial charge in [-0.15, -0.1) is 0 Å². The fourth-order valence-electron chi connectivity index (χ4n) is 3.17. The molecule has 1 aromatic heterocycles. The highest BCUT2D eigenvalue weighted by atomic mass is 19.4. The van der Waals surface area contributed by atoms with Gasteiger partial charge in [0.25, 0.3) is 0 Å². The number of para-hydroxylation sites is 1. The zero-order valence-electron chi connectivity index (χ0n) is 12.9. The molecule has 0 saturated carbocycles. The summed E-state index contributed by atoms with van der Waals surface area (Å²) in [6.07, 6.45) is -2.29. The first-order valence-electron chi connectivity index (χ1n) is 7.46. The van der Waals surface area contributed by atoms with Crippen LogP contribution in [0.5, 0.6) is 0 Å². The van der Waals surface area contributed by atoms with E-state index in [2.05, 4.69) is 16.9 Å². The molecule has 1 aliphatic heterocycles. The monoisotopic (exact) mass is 344 g/mol. The van der Waals surface area contributed by atoms with Crippen LogP contribution in [0.3, 0.4) is 0 Å². The lowest BCUT2D eigenvalue weighted by molar-refractivity contribution is -0.345. The summed E-state index contributed by atoms with van der Waals surface area (Å²) >= 11 is 0. The largest absolute Gasteiger partial charge is 0.426 e. The summed E-state index contributed by atoms with van der Waals surface area (Å²) in [4.78, 5) is 0. The second-order valence-corrected chi connectivity index (χ2v) is 5.91. The van der Waals surface area contributed by atoms with Gasteiger partial charge in [0.15, 0.2) is 6.20 Å². The van der Waals surface area contributed by atoms with Crippen LogP contribution in [-0.4, -0.2) is 32.8 Å². The summed E-state index contributed by atoms with van der Waals surface area (Å²) in [7, 11) is 0. The quantitative estimate of drug-likeness (QED) is 0.696. The van der Waals surface area contributed by atoms with E-state index >= 15 is 0 Å². The Bertz CT molecular complexity index is 1040. The molecule has 2 aromatic carbocycles. The van der Waals surface area contributed by atoms with Crippen LogP contribution >= 0.6 is 0 Å². The van der Waals surface area contributed by atoms with E-state index in [9.17, 15) is 18.3 Å². The van der Waals surface area contributed by atoms with Gasteiger partial charge in [-0.05, 0) is 23.8 Å². The molecule has 4 nitrogen and oxygen atoms in total. The number of nitrogens with zero attached hydrogens (tertiary/aromatic N) is 2. The third-order valence-electron chi connectivity index (χ3n) is 4.45. The van der Waals surface area contributed by atoms with Crippen molar-refractivity contribution in [2.45, 2.75) is 11.8 Å². The summed E-state index contributed by atoms with van der Waals surface area (Å²) in [5, 5.41) is 17.9. The van der Waals surface area contributed by atoms with E-state index in [4.69, 9.17) is 0 Å². The Morgan fingerprint density at radius 2 is 1.88 bits per heavy atom. The molecule has 0 aliphatic carbocycles. The van der Waals surface area contributed by atoms with Crippen molar-refractivity contribution in [3.05, 3.63) is 66.0 Å². The number of alkyl halides is 3. The third kappa shape index (κ3) is 2.12. The number of aliphatic hydroxyl groups is 1. The highest BCUT2D eigenvalue weighted by molar-refractivity contribution is 5.85. The van der Waals surface area contributed by atoms with Gasteiger partial charge in [-0.2, -0.15) is 22.8 Å². The van der Waals surface area contributed by atoms with Crippen LogP contribution in [0.2, 0.25) is 0 Å². The van der Waals surface area contributed by atoms with E-state index in [-0.39, 0.29) is 11.1 Å². The molecule has 0 fully saturated rings. The van der Waals surface area contributed by atoms with Gasteiger partial charge in [-0.3, -0.25) is 5.10 Å². The Hall–Kier alpha value is -2.93. The average molecular weight is 344 g/mol. The van der Waals surface area contributed by atoms with E-state index in [0.29, 0.717) is 22.2 Å². The molecule has 0 radical (unpaired) electrons. The Morgan fingerprint density at radius 3 is 2.64 bits per heavy atom. The summed E-state index contributed by atoms with van der Waals surface area (Å²) in [6.45, 7) is 3.72. The molecule has 2 N–H and O–H groups in total. The van der Waals surface area contributed by atoms with E-state index in [1.165, 1.54) is 35.2 Å². The van der Waals surface area contributed by atoms with Gasteiger partial charge < -0.3 is 5.11 Å². The predicted octanol–water partition coefficient (Wildman–Crippen LogP) is 3.71. The highest BCUT2D eigenvalue weighted by Gasteiger charge is 2.60. The van der Waals surface area contributed by atoms with Gasteiger partial charge in [0.1, 0.15) is 6.72 Å². The Morgan fingerprint density at radius 1 is 1.12 bits per heavy atom. The number of H-pyrrole nitrogens is 1. The summed E-state index contributed by atoms with van der Waals surface area (Å²) in [5.74, 6) is 0. The molecule has 3 aromatic rings. The number of hydrogen-bond acceptors (Lipinski definition) is 2. The molecular weight excluding hydrogens is 331 g/mol. The number of rotatable bonds is 2. The first kappa shape index (κ1) is 15.6. The minimum absolute atomic E-state index is 0.256. The summed E-state index contributed by atoms with van der Waals surface area (Å²) in [5.41, 5.74) is -2.30. The van der Waals surface area contributed by atoms with Crippen LogP contribution in [-0.2, 0) is 5.60 Å². The standard InChI is InChI=1S/C18H13F3N3O/c1-24-10-14(13-4-2-3-5-16(13)24)17(25,18(19,20)21)12-6-7-15-11(8-12)9-22-23-15/h2-10,25H,1H2,(H,22,23)/q+1. The number of benzene rings is 2. The molecule has 7 heteroatoms. The third-order valence-corrected chi connectivity index (χ3v) is 4.45. The minimum atomic E-state index is -4.92.